The monoisotopic (exact) mass is 893 g/mol. The molecular weight excluding hydrogens is 800 g/mol. The number of halogens is 2. The molecule has 324 valence electrons. The standard InChI is InChI=1S/2C24H47BrO2/c2*1-3-5-7-9-11-15-19-23(18-14-8-6-4-2)22-27-24(26)20-16-12-10-13-17-21-25/h2*23H,3-22H2,1-2H3. The van der Waals surface area contributed by atoms with Gasteiger partial charge in [-0.2, -0.15) is 0 Å². The SMILES string of the molecule is CCCCCCCCC(CCCCCC)COC(=O)CCCCCCCBr.CCCCCCCCC(CCCCCC)COC(=O)CCCCCCCBr. The molecular formula is C48H94Br2O4. The van der Waals surface area contributed by atoms with Gasteiger partial charge in [0.1, 0.15) is 0 Å². The lowest BCUT2D eigenvalue weighted by Crippen LogP contribution is -2.14. The lowest BCUT2D eigenvalue weighted by Gasteiger charge is -2.17. The molecule has 0 aromatic rings. The number of unbranched alkanes of at least 4 members (excludes halogenated alkanes) is 24. The smallest absolute Gasteiger partial charge is 0.305 e. The molecule has 0 spiro atoms. The van der Waals surface area contributed by atoms with E-state index in [0.717, 1.165) is 36.3 Å². The van der Waals surface area contributed by atoms with Crippen molar-refractivity contribution < 1.29 is 19.1 Å². The van der Waals surface area contributed by atoms with E-state index < -0.39 is 0 Å². The van der Waals surface area contributed by atoms with Gasteiger partial charge >= 0.3 is 11.9 Å². The van der Waals surface area contributed by atoms with Crippen LogP contribution < -0.4 is 0 Å². The molecule has 6 heteroatoms. The Morgan fingerprint density at radius 3 is 0.889 bits per heavy atom. The molecule has 0 saturated heterocycles. The van der Waals surface area contributed by atoms with Crippen molar-refractivity contribution in [1.29, 1.82) is 0 Å². The minimum Gasteiger partial charge on any atom is -0.465 e. The van der Waals surface area contributed by atoms with Gasteiger partial charge in [0.2, 0.25) is 0 Å². The molecule has 0 saturated carbocycles. The van der Waals surface area contributed by atoms with E-state index in [9.17, 15) is 9.59 Å². The molecule has 0 amide bonds. The van der Waals surface area contributed by atoms with Crippen LogP contribution in [0.5, 0.6) is 0 Å². The van der Waals surface area contributed by atoms with Gasteiger partial charge in [-0.1, -0.05) is 226 Å². The largest absolute Gasteiger partial charge is 0.465 e. The first-order valence-corrected chi connectivity index (χ1v) is 26.2. The Bertz CT molecular complexity index is 674. The highest BCUT2D eigenvalue weighted by Gasteiger charge is 2.14. The number of hydrogen-bond acceptors (Lipinski definition) is 4. The third-order valence-corrected chi connectivity index (χ3v) is 12.0. The van der Waals surface area contributed by atoms with Crippen LogP contribution in [0.3, 0.4) is 0 Å². The minimum atomic E-state index is 0.0250. The summed E-state index contributed by atoms with van der Waals surface area (Å²) in [7, 11) is 0. The van der Waals surface area contributed by atoms with Gasteiger partial charge in [0.25, 0.3) is 0 Å². The van der Waals surface area contributed by atoms with Crippen LogP contribution in [0.2, 0.25) is 0 Å². The summed E-state index contributed by atoms with van der Waals surface area (Å²) in [5.74, 6) is 1.21. The van der Waals surface area contributed by atoms with Crippen molar-refractivity contribution in [2.24, 2.45) is 11.8 Å². The van der Waals surface area contributed by atoms with Crippen LogP contribution in [0.4, 0.5) is 0 Å². The zero-order chi connectivity index (χ0) is 40.0. The molecule has 0 aliphatic heterocycles. The van der Waals surface area contributed by atoms with Gasteiger partial charge in [0.05, 0.1) is 13.2 Å². The fourth-order valence-corrected chi connectivity index (χ4v) is 7.92. The van der Waals surface area contributed by atoms with Gasteiger partial charge in [-0.05, 0) is 63.2 Å². The highest BCUT2D eigenvalue weighted by Crippen LogP contribution is 2.21. The lowest BCUT2D eigenvalue weighted by atomic mass is 9.95. The zero-order valence-electron chi connectivity index (χ0n) is 36.8. The van der Waals surface area contributed by atoms with Crippen molar-refractivity contribution in [2.45, 2.75) is 259 Å². The Hall–Kier alpha value is -0.100. The summed E-state index contributed by atoms with van der Waals surface area (Å²) < 4.78 is 11.3. The maximum Gasteiger partial charge on any atom is 0.305 e. The molecule has 0 aliphatic carbocycles. The summed E-state index contributed by atoms with van der Waals surface area (Å²) in [6.45, 7) is 10.4. The molecule has 0 aromatic heterocycles. The lowest BCUT2D eigenvalue weighted by molar-refractivity contribution is -0.146. The van der Waals surface area contributed by atoms with Gasteiger partial charge in [-0.3, -0.25) is 9.59 Å². The van der Waals surface area contributed by atoms with Crippen LogP contribution in [-0.4, -0.2) is 35.8 Å². The van der Waals surface area contributed by atoms with Crippen molar-refractivity contribution in [3.63, 3.8) is 0 Å². The van der Waals surface area contributed by atoms with Gasteiger partial charge in [0.15, 0.2) is 0 Å². The van der Waals surface area contributed by atoms with Crippen LogP contribution in [0.15, 0.2) is 0 Å². The van der Waals surface area contributed by atoms with Crippen molar-refractivity contribution in [3.05, 3.63) is 0 Å². The molecule has 0 radical (unpaired) electrons. The molecule has 0 aromatic carbocycles. The third-order valence-electron chi connectivity index (χ3n) is 10.9. The van der Waals surface area contributed by atoms with Crippen LogP contribution in [0.1, 0.15) is 259 Å². The summed E-state index contributed by atoms with van der Waals surface area (Å²) in [5, 5.41) is 2.18. The van der Waals surface area contributed by atoms with E-state index in [1.54, 1.807) is 0 Å². The van der Waals surface area contributed by atoms with E-state index in [2.05, 4.69) is 59.6 Å². The highest BCUT2D eigenvalue weighted by atomic mass is 79.9. The van der Waals surface area contributed by atoms with E-state index in [0.29, 0.717) is 37.9 Å². The number of esters is 2. The van der Waals surface area contributed by atoms with Crippen molar-refractivity contribution in [3.8, 4) is 0 Å². The number of carbonyl (C=O) groups is 2. The molecule has 4 nitrogen and oxygen atoms in total. The number of rotatable bonds is 42. The number of alkyl halides is 2. The summed E-state index contributed by atoms with van der Waals surface area (Å²) in [5.41, 5.74) is 0. The number of ether oxygens (including phenoxy) is 2. The van der Waals surface area contributed by atoms with Crippen LogP contribution >= 0.6 is 31.9 Å². The number of carbonyl (C=O) groups excluding carboxylic acids is 2. The summed E-state index contributed by atoms with van der Waals surface area (Å²) >= 11 is 6.92. The Labute approximate surface area is 355 Å². The normalized spacial score (nSPS) is 12.3. The topological polar surface area (TPSA) is 52.6 Å². The predicted molar refractivity (Wildman–Crippen MR) is 245 cm³/mol. The first-order chi connectivity index (χ1) is 26.5. The molecule has 54 heavy (non-hydrogen) atoms. The summed E-state index contributed by atoms with van der Waals surface area (Å²) in [6.07, 6.45) is 44.5. The number of hydrogen-bond donors (Lipinski definition) is 0. The van der Waals surface area contributed by atoms with Crippen molar-refractivity contribution in [1.82, 2.24) is 0 Å². The predicted octanol–water partition coefficient (Wildman–Crippen LogP) is 17.2. The molecule has 0 N–H and O–H groups in total. The molecule has 0 bridgehead atoms. The summed E-state index contributed by atoms with van der Waals surface area (Å²) in [4.78, 5) is 24.1. The van der Waals surface area contributed by atoms with Crippen LogP contribution in [0.25, 0.3) is 0 Å². The van der Waals surface area contributed by atoms with E-state index in [4.69, 9.17) is 9.47 Å². The van der Waals surface area contributed by atoms with Gasteiger partial charge < -0.3 is 9.47 Å². The fraction of sp³-hybridized carbons (Fsp3) is 0.958. The Morgan fingerprint density at radius 2 is 0.593 bits per heavy atom. The van der Waals surface area contributed by atoms with Gasteiger partial charge in [-0.15, -0.1) is 0 Å². The Balaban J connectivity index is 0. The van der Waals surface area contributed by atoms with E-state index in [-0.39, 0.29) is 11.9 Å². The minimum absolute atomic E-state index is 0.0250. The molecule has 0 heterocycles. The van der Waals surface area contributed by atoms with Crippen molar-refractivity contribution >= 4 is 43.8 Å². The second kappa shape index (κ2) is 49.0. The molecule has 2 unspecified atom stereocenters. The zero-order valence-corrected chi connectivity index (χ0v) is 40.0. The summed E-state index contributed by atoms with van der Waals surface area (Å²) in [6, 6.07) is 0. The average Bonchev–Trinajstić information content (AvgIpc) is 3.18. The second-order valence-corrected chi connectivity index (χ2v) is 17.9. The second-order valence-electron chi connectivity index (χ2n) is 16.3. The van der Waals surface area contributed by atoms with Crippen LogP contribution in [0, 0.1) is 11.8 Å². The van der Waals surface area contributed by atoms with Gasteiger partial charge in [-0.25, -0.2) is 0 Å². The highest BCUT2D eigenvalue weighted by molar-refractivity contribution is 9.09. The van der Waals surface area contributed by atoms with Crippen molar-refractivity contribution in [2.75, 3.05) is 23.9 Å². The first kappa shape index (κ1) is 56.0. The Kier molecular flexibility index (Phi) is 50.9. The van der Waals surface area contributed by atoms with E-state index >= 15 is 0 Å². The van der Waals surface area contributed by atoms with Gasteiger partial charge in [0, 0.05) is 23.5 Å². The third kappa shape index (κ3) is 46.3. The quantitative estimate of drug-likeness (QED) is 0.0348. The maximum atomic E-state index is 12.0. The molecule has 0 rings (SSSR count). The van der Waals surface area contributed by atoms with E-state index in [1.807, 2.05) is 0 Å². The Morgan fingerprint density at radius 1 is 0.352 bits per heavy atom. The van der Waals surface area contributed by atoms with Crippen LogP contribution in [-0.2, 0) is 19.1 Å². The average molecular weight is 895 g/mol. The van der Waals surface area contributed by atoms with E-state index in [1.165, 1.54) is 193 Å². The fourth-order valence-electron chi connectivity index (χ4n) is 7.12. The maximum absolute atomic E-state index is 12.0. The first-order valence-electron chi connectivity index (χ1n) is 23.9. The molecule has 2 atom stereocenters. The molecule has 0 aliphatic rings. The molecule has 0 fully saturated rings.